The first-order chi connectivity index (χ1) is 8.84. The second-order valence-corrected chi connectivity index (χ2v) is 4.67. The first-order valence-electron chi connectivity index (χ1n) is 5.58. The fraction of sp³-hybridized carbons (Fsp3) is 0.727. The zero-order chi connectivity index (χ0) is 16.1. The fourth-order valence-corrected chi connectivity index (χ4v) is 1.95. The first-order valence-corrected chi connectivity index (χ1v) is 5.58. The summed E-state index contributed by atoms with van der Waals surface area (Å²) in [6, 6.07) is 0. The molecule has 114 valence electrons. The van der Waals surface area contributed by atoms with Crippen LogP contribution in [0.5, 0.6) is 0 Å². The number of aliphatic hydroxyl groups is 3. The number of halogens is 2. The molecule has 0 aliphatic carbocycles. The number of rotatable bonds is 4. The molecule has 1 rings (SSSR count). The van der Waals surface area contributed by atoms with Crippen molar-refractivity contribution in [3.05, 3.63) is 0 Å². The number of carbonyl (C=O) groups is 3. The largest absolute Gasteiger partial charge is 0.386 e. The predicted octanol–water partition coefficient (Wildman–Crippen LogP) is -1.43. The van der Waals surface area contributed by atoms with Crippen molar-refractivity contribution in [1.82, 2.24) is 0 Å². The predicted molar refractivity (Wildman–Crippen MR) is 57.8 cm³/mol. The van der Waals surface area contributed by atoms with Crippen LogP contribution in [0.3, 0.4) is 0 Å². The van der Waals surface area contributed by atoms with Gasteiger partial charge in [0.1, 0.15) is 6.10 Å². The van der Waals surface area contributed by atoms with Crippen LogP contribution in [0, 0.1) is 0 Å². The van der Waals surface area contributed by atoms with Gasteiger partial charge in [0.2, 0.25) is 5.60 Å². The van der Waals surface area contributed by atoms with Crippen LogP contribution in [-0.2, 0) is 19.1 Å². The highest BCUT2D eigenvalue weighted by Gasteiger charge is 2.82. The molecule has 3 N–H and O–H groups in total. The molecule has 0 aromatic rings. The molecular weight excluding hydrogens is 282 g/mol. The summed E-state index contributed by atoms with van der Waals surface area (Å²) in [4.78, 5) is 34.2. The molecule has 0 aromatic heterocycles. The van der Waals surface area contributed by atoms with Crippen LogP contribution >= 0.6 is 0 Å². The first kappa shape index (κ1) is 16.8. The average molecular weight is 296 g/mol. The zero-order valence-corrected chi connectivity index (χ0v) is 10.9. The molecule has 4 atom stereocenters. The zero-order valence-electron chi connectivity index (χ0n) is 10.9. The second kappa shape index (κ2) is 4.62. The highest BCUT2D eigenvalue weighted by molar-refractivity contribution is 6.01. The van der Waals surface area contributed by atoms with Gasteiger partial charge < -0.3 is 20.1 Å². The lowest BCUT2D eigenvalue weighted by molar-refractivity contribution is -0.273. The number of hydrogen-bond donors (Lipinski definition) is 3. The number of hydrogen-bond acceptors (Lipinski definition) is 7. The van der Waals surface area contributed by atoms with Crippen molar-refractivity contribution in [2.75, 3.05) is 0 Å². The van der Waals surface area contributed by atoms with Crippen LogP contribution in [-0.4, -0.2) is 62.2 Å². The van der Waals surface area contributed by atoms with E-state index in [1.54, 1.807) is 0 Å². The van der Waals surface area contributed by atoms with E-state index in [2.05, 4.69) is 4.74 Å². The van der Waals surface area contributed by atoms with Gasteiger partial charge >= 0.3 is 5.92 Å². The maximum atomic E-state index is 14.1. The van der Waals surface area contributed by atoms with Gasteiger partial charge in [-0.2, -0.15) is 8.78 Å². The number of alkyl halides is 2. The van der Waals surface area contributed by atoms with Crippen molar-refractivity contribution in [2.45, 2.75) is 50.3 Å². The number of ether oxygens (including phenoxy) is 1. The molecule has 1 heterocycles. The van der Waals surface area contributed by atoms with Crippen molar-refractivity contribution in [3.8, 4) is 0 Å². The SMILES string of the molecule is CC(=O)[C@]1(O)O[C@H](C(=O)C(C)O)[C@](O)(C(C)=O)C1(F)F. The van der Waals surface area contributed by atoms with E-state index in [-0.39, 0.29) is 0 Å². The molecule has 0 spiro atoms. The summed E-state index contributed by atoms with van der Waals surface area (Å²) in [6.07, 6.45) is -4.42. The third kappa shape index (κ3) is 1.81. The Morgan fingerprint density at radius 3 is 1.90 bits per heavy atom. The van der Waals surface area contributed by atoms with E-state index >= 15 is 0 Å². The van der Waals surface area contributed by atoms with Gasteiger partial charge in [0.05, 0.1) is 0 Å². The van der Waals surface area contributed by atoms with E-state index in [1.807, 2.05) is 0 Å². The summed E-state index contributed by atoms with van der Waals surface area (Å²) in [5, 5.41) is 28.6. The summed E-state index contributed by atoms with van der Waals surface area (Å²) in [5.74, 6) is -13.2. The van der Waals surface area contributed by atoms with Gasteiger partial charge in [0, 0.05) is 6.92 Å². The maximum Gasteiger partial charge on any atom is 0.346 e. The molecule has 1 aliphatic rings. The Labute approximate surface area is 112 Å². The summed E-state index contributed by atoms with van der Waals surface area (Å²) in [7, 11) is 0. The molecule has 0 saturated carbocycles. The third-order valence-electron chi connectivity index (χ3n) is 3.26. The Balaban J connectivity index is 3.53. The number of Topliss-reactive ketones (excluding diaryl/α,β-unsaturated/α-hetero) is 3. The van der Waals surface area contributed by atoms with Crippen molar-refractivity contribution in [3.63, 3.8) is 0 Å². The molecule has 1 aliphatic heterocycles. The summed E-state index contributed by atoms with van der Waals surface area (Å²) < 4.78 is 32.5. The minimum absolute atomic E-state index is 0.545. The Kier molecular flexibility index (Phi) is 3.87. The summed E-state index contributed by atoms with van der Waals surface area (Å²) in [5.41, 5.74) is -3.75. The van der Waals surface area contributed by atoms with Crippen LogP contribution < -0.4 is 0 Å². The topological polar surface area (TPSA) is 121 Å². The van der Waals surface area contributed by atoms with E-state index in [0.29, 0.717) is 13.8 Å². The highest BCUT2D eigenvalue weighted by Crippen LogP contribution is 2.50. The van der Waals surface area contributed by atoms with E-state index in [1.165, 1.54) is 0 Å². The molecule has 20 heavy (non-hydrogen) atoms. The quantitative estimate of drug-likeness (QED) is 0.581. The van der Waals surface area contributed by atoms with E-state index in [0.717, 1.165) is 6.92 Å². The minimum Gasteiger partial charge on any atom is -0.386 e. The monoisotopic (exact) mass is 296 g/mol. The number of ketones is 3. The molecule has 0 amide bonds. The van der Waals surface area contributed by atoms with Crippen molar-refractivity contribution >= 4 is 17.3 Å². The van der Waals surface area contributed by atoms with Crippen LogP contribution in [0.15, 0.2) is 0 Å². The Bertz CT molecular complexity index is 475. The van der Waals surface area contributed by atoms with Gasteiger partial charge in [-0.15, -0.1) is 0 Å². The van der Waals surface area contributed by atoms with E-state index in [9.17, 15) is 33.4 Å². The summed E-state index contributed by atoms with van der Waals surface area (Å²) >= 11 is 0. The molecule has 1 saturated heterocycles. The fourth-order valence-electron chi connectivity index (χ4n) is 1.95. The van der Waals surface area contributed by atoms with Crippen LogP contribution in [0.2, 0.25) is 0 Å². The molecule has 1 fully saturated rings. The van der Waals surface area contributed by atoms with Gasteiger partial charge in [-0.25, -0.2) is 0 Å². The Morgan fingerprint density at radius 1 is 1.15 bits per heavy atom. The minimum atomic E-state index is -4.76. The lowest BCUT2D eigenvalue weighted by Crippen LogP contribution is -2.64. The number of aliphatic hydroxyl groups excluding tert-OH is 1. The van der Waals surface area contributed by atoms with E-state index in [4.69, 9.17) is 5.11 Å². The second-order valence-electron chi connectivity index (χ2n) is 4.67. The molecule has 0 radical (unpaired) electrons. The lowest BCUT2D eigenvalue weighted by Gasteiger charge is -2.32. The van der Waals surface area contributed by atoms with Crippen LogP contribution in [0.25, 0.3) is 0 Å². The van der Waals surface area contributed by atoms with Crippen LogP contribution in [0.1, 0.15) is 20.8 Å². The van der Waals surface area contributed by atoms with Crippen molar-refractivity contribution in [2.24, 2.45) is 0 Å². The lowest BCUT2D eigenvalue weighted by atomic mass is 9.81. The van der Waals surface area contributed by atoms with Gasteiger partial charge in [0.15, 0.2) is 23.5 Å². The smallest absolute Gasteiger partial charge is 0.346 e. The van der Waals surface area contributed by atoms with Gasteiger partial charge in [-0.05, 0) is 13.8 Å². The highest BCUT2D eigenvalue weighted by atomic mass is 19.3. The summed E-state index contributed by atoms with van der Waals surface area (Å²) in [6.45, 7) is 1.99. The van der Waals surface area contributed by atoms with E-state index < -0.39 is 46.9 Å². The van der Waals surface area contributed by atoms with Gasteiger partial charge in [-0.1, -0.05) is 0 Å². The van der Waals surface area contributed by atoms with Gasteiger partial charge in [-0.3, -0.25) is 14.4 Å². The molecule has 7 nitrogen and oxygen atoms in total. The molecule has 0 bridgehead atoms. The van der Waals surface area contributed by atoms with Crippen molar-refractivity contribution in [1.29, 1.82) is 0 Å². The molecule has 1 unspecified atom stereocenters. The maximum absolute atomic E-state index is 14.1. The standard InChI is InChI=1S/C11H14F2O7/c1-4(14)7(17)8-9(18,5(2)15)11(12,13)10(19,20-8)6(3)16/h4,8,14,18-19H,1-3H3/t4?,8-,9-,10+/m1/s1. The molecule has 9 heteroatoms. The number of carbonyl (C=O) groups excluding carboxylic acids is 3. The third-order valence-corrected chi connectivity index (χ3v) is 3.26. The molecular formula is C11H14F2O7. The molecule has 0 aromatic carbocycles. The Morgan fingerprint density at radius 2 is 1.60 bits per heavy atom. The van der Waals surface area contributed by atoms with Crippen LogP contribution in [0.4, 0.5) is 8.78 Å². The van der Waals surface area contributed by atoms with Gasteiger partial charge in [0.25, 0.3) is 5.79 Å². The van der Waals surface area contributed by atoms with Crippen molar-refractivity contribution < 1.29 is 43.2 Å². The Hall–Kier alpha value is -1.29. The normalized spacial score (nSPS) is 37.5. The average Bonchev–Trinajstić information content (AvgIpc) is 2.48.